The van der Waals surface area contributed by atoms with Crippen LogP contribution in [0.15, 0.2) is 16.5 Å². The molecule has 3 rings (SSSR count). The van der Waals surface area contributed by atoms with Crippen molar-refractivity contribution >= 4 is 5.91 Å². The van der Waals surface area contributed by atoms with Crippen molar-refractivity contribution < 1.29 is 13.9 Å². The number of carbonyl (C=O) groups is 1. The third kappa shape index (κ3) is 2.99. The second kappa shape index (κ2) is 5.81. The summed E-state index contributed by atoms with van der Waals surface area (Å²) in [5.41, 5.74) is 0. The number of furan rings is 1. The largest absolute Gasteiger partial charge is 0.465 e. The van der Waals surface area contributed by atoms with E-state index in [-0.39, 0.29) is 18.1 Å². The maximum atomic E-state index is 12.0. The molecule has 0 radical (unpaired) electrons. The number of hydrogen-bond donors (Lipinski definition) is 0. The lowest BCUT2D eigenvalue weighted by molar-refractivity contribution is -0.152. The Hall–Kier alpha value is -1.33. The molecule has 21 heavy (non-hydrogen) atoms. The van der Waals surface area contributed by atoms with Gasteiger partial charge in [0, 0.05) is 26.7 Å². The predicted octanol–water partition coefficient (Wildman–Crippen LogP) is 1.80. The van der Waals surface area contributed by atoms with Crippen LogP contribution in [0.1, 0.15) is 30.8 Å². The van der Waals surface area contributed by atoms with Crippen LogP contribution in [0.2, 0.25) is 0 Å². The van der Waals surface area contributed by atoms with Crippen molar-refractivity contribution in [3.05, 3.63) is 23.7 Å². The highest BCUT2D eigenvalue weighted by molar-refractivity contribution is 5.80. The van der Waals surface area contributed by atoms with Gasteiger partial charge in [-0.2, -0.15) is 0 Å². The van der Waals surface area contributed by atoms with Gasteiger partial charge in [-0.25, -0.2) is 0 Å². The van der Waals surface area contributed by atoms with E-state index in [2.05, 4.69) is 4.90 Å². The highest BCUT2D eigenvalue weighted by atomic mass is 16.5. The Balaban J connectivity index is 1.60. The number of hydrogen-bond acceptors (Lipinski definition) is 4. The fourth-order valence-corrected chi connectivity index (χ4v) is 3.45. The van der Waals surface area contributed by atoms with Crippen molar-refractivity contribution in [1.29, 1.82) is 0 Å². The van der Waals surface area contributed by atoms with Crippen molar-refractivity contribution in [2.75, 3.05) is 20.6 Å². The summed E-state index contributed by atoms with van der Waals surface area (Å²) >= 11 is 0. The lowest BCUT2D eigenvalue weighted by atomic mass is 9.98. The molecule has 1 aromatic heterocycles. The van der Waals surface area contributed by atoms with Gasteiger partial charge in [0.1, 0.15) is 17.6 Å². The molecule has 2 saturated heterocycles. The van der Waals surface area contributed by atoms with Gasteiger partial charge in [-0.05, 0) is 38.3 Å². The van der Waals surface area contributed by atoms with Crippen LogP contribution in [0.3, 0.4) is 0 Å². The van der Waals surface area contributed by atoms with Crippen molar-refractivity contribution in [3.63, 3.8) is 0 Å². The molecule has 0 spiro atoms. The van der Waals surface area contributed by atoms with Gasteiger partial charge in [0.15, 0.2) is 0 Å². The van der Waals surface area contributed by atoms with E-state index in [1.165, 1.54) is 0 Å². The standard InChI is InChI=1S/C16H24N2O3/c1-11-4-5-12(20-11)10-18-9-8-14-13(18)6-7-15(21-14)16(19)17(2)3/h4-5,13-15H,6-10H2,1-3H3/t13-,14-,15-/m0/s1. The number of amides is 1. The third-order valence-electron chi connectivity index (χ3n) is 4.53. The molecule has 1 amide bonds. The monoisotopic (exact) mass is 292 g/mol. The maximum Gasteiger partial charge on any atom is 0.251 e. The predicted molar refractivity (Wildman–Crippen MR) is 78.8 cm³/mol. The minimum atomic E-state index is -0.257. The van der Waals surface area contributed by atoms with E-state index in [9.17, 15) is 4.79 Å². The number of likely N-dealkylation sites (N-methyl/N-ethyl adjacent to an activating group) is 1. The number of fused-ring (bicyclic) bond motifs is 1. The molecule has 116 valence electrons. The van der Waals surface area contributed by atoms with Crippen molar-refractivity contribution in [2.45, 2.75) is 51.0 Å². The summed E-state index contributed by atoms with van der Waals surface area (Å²) in [5, 5.41) is 0. The van der Waals surface area contributed by atoms with Crippen LogP contribution in [0.4, 0.5) is 0 Å². The summed E-state index contributed by atoms with van der Waals surface area (Å²) in [6.45, 7) is 3.82. The zero-order valence-electron chi connectivity index (χ0n) is 13.0. The van der Waals surface area contributed by atoms with E-state index < -0.39 is 0 Å². The van der Waals surface area contributed by atoms with Gasteiger partial charge >= 0.3 is 0 Å². The average Bonchev–Trinajstić information content (AvgIpc) is 3.05. The van der Waals surface area contributed by atoms with Gasteiger partial charge in [0.25, 0.3) is 5.91 Å². The highest BCUT2D eigenvalue weighted by Gasteiger charge is 2.42. The summed E-state index contributed by atoms with van der Waals surface area (Å²) in [5.74, 6) is 2.06. The molecule has 0 bridgehead atoms. The van der Waals surface area contributed by atoms with Crippen molar-refractivity contribution in [2.24, 2.45) is 0 Å². The van der Waals surface area contributed by atoms with Crippen LogP contribution < -0.4 is 0 Å². The van der Waals surface area contributed by atoms with Gasteiger partial charge in [-0.15, -0.1) is 0 Å². The highest BCUT2D eigenvalue weighted by Crippen LogP contribution is 2.33. The second-order valence-electron chi connectivity index (χ2n) is 6.31. The SMILES string of the molecule is Cc1ccc(CN2CC[C@@H]3O[C@H](C(=O)N(C)C)CC[C@@H]32)o1. The summed E-state index contributed by atoms with van der Waals surface area (Å²) in [7, 11) is 3.58. The number of likely N-dealkylation sites (tertiary alicyclic amines) is 1. The minimum Gasteiger partial charge on any atom is -0.465 e. The molecule has 5 heteroatoms. The van der Waals surface area contributed by atoms with Gasteiger partial charge < -0.3 is 14.1 Å². The zero-order chi connectivity index (χ0) is 15.0. The van der Waals surface area contributed by atoms with Crippen LogP contribution in [-0.4, -0.2) is 54.6 Å². The van der Waals surface area contributed by atoms with Crippen LogP contribution >= 0.6 is 0 Å². The Morgan fingerprint density at radius 1 is 1.33 bits per heavy atom. The number of nitrogens with zero attached hydrogens (tertiary/aromatic N) is 2. The van der Waals surface area contributed by atoms with E-state index in [0.29, 0.717) is 6.04 Å². The molecule has 2 fully saturated rings. The molecule has 0 N–H and O–H groups in total. The Labute approximate surface area is 125 Å². The third-order valence-corrected chi connectivity index (χ3v) is 4.53. The summed E-state index contributed by atoms with van der Waals surface area (Å²) in [6, 6.07) is 4.47. The molecular weight excluding hydrogens is 268 g/mol. The normalized spacial score (nSPS) is 29.4. The molecule has 2 aliphatic rings. The average molecular weight is 292 g/mol. The van der Waals surface area contributed by atoms with Gasteiger partial charge in [0.2, 0.25) is 0 Å². The lowest BCUT2D eigenvalue weighted by Crippen LogP contribution is -2.47. The second-order valence-corrected chi connectivity index (χ2v) is 6.31. The van der Waals surface area contributed by atoms with E-state index in [0.717, 1.165) is 43.9 Å². The van der Waals surface area contributed by atoms with Crippen molar-refractivity contribution in [3.8, 4) is 0 Å². The van der Waals surface area contributed by atoms with E-state index in [4.69, 9.17) is 9.15 Å². The van der Waals surface area contributed by atoms with E-state index in [1.807, 2.05) is 19.1 Å². The van der Waals surface area contributed by atoms with E-state index >= 15 is 0 Å². The van der Waals surface area contributed by atoms with Crippen LogP contribution in [0.5, 0.6) is 0 Å². The maximum absolute atomic E-state index is 12.0. The van der Waals surface area contributed by atoms with Crippen molar-refractivity contribution in [1.82, 2.24) is 9.80 Å². The fourth-order valence-electron chi connectivity index (χ4n) is 3.45. The van der Waals surface area contributed by atoms with Gasteiger partial charge in [-0.1, -0.05) is 0 Å². The minimum absolute atomic E-state index is 0.0913. The molecule has 3 atom stereocenters. The molecule has 0 unspecified atom stereocenters. The Kier molecular flexibility index (Phi) is 4.04. The first kappa shape index (κ1) is 14.6. The quantitative estimate of drug-likeness (QED) is 0.852. The first-order valence-electron chi connectivity index (χ1n) is 7.70. The number of carbonyl (C=O) groups excluding carboxylic acids is 1. The van der Waals surface area contributed by atoms with Gasteiger partial charge in [0.05, 0.1) is 12.6 Å². The fraction of sp³-hybridized carbons (Fsp3) is 0.688. The Morgan fingerprint density at radius 3 is 2.81 bits per heavy atom. The molecule has 2 aliphatic heterocycles. The van der Waals surface area contributed by atoms with E-state index in [1.54, 1.807) is 19.0 Å². The zero-order valence-corrected chi connectivity index (χ0v) is 13.0. The molecule has 0 aromatic carbocycles. The lowest BCUT2D eigenvalue weighted by Gasteiger charge is -2.36. The van der Waals surface area contributed by atoms with Crippen LogP contribution in [-0.2, 0) is 16.1 Å². The molecule has 0 aliphatic carbocycles. The first-order chi connectivity index (χ1) is 10.0. The van der Waals surface area contributed by atoms with Gasteiger partial charge in [-0.3, -0.25) is 9.69 Å². The summed E-state index contributed by atoms with van der Waals surface area (Å²) in [6.07, 6.45) is 2.76. The molecule has 3 heterocycles. The Morgan fingerprint density at radius 2 is 2.14 bits per heavy atom. The van der Waals surface area contributed by atoms with Crippen LogP contribution in [0, 0.1) is 6.92 Å². The number of rotatable bonds is 3. The summed E-state index contributed by atoms with van der Waals surface area (Å²) < 4.78 is 11.7. The smallest absolute Gasteiger partial charge is 0.251 e. The molecule has 5 nitrogen and oxygen atoms in total. The number of aryl methyl sites for hydroxylation is 1. The molecule has 0 saturated carbocycles. The topological polar surface area (TPSA) is 45.9 Å². The summed E-state index contributed by atoms with van der Waals surface area (Å²) in [4.78, 5) is 16.1. The molecule has 1 aromatic rings. The molecular formula is C16H24N2O3. The van der Waals surface area contributed by atoms with Crippen LogP contribution in [0.25, 0.3) is 0 Å². The Bertz CT molecular complexity index is 511. The first-order valence-corrected chi connectivity index (χ1v) is 7.70. The number of ether oxygens (including phenoxy) is 1.